The highest BCUT2D eigenvalue weighted by Gasteiger charge is 2.34. The fraction of sp³-hybridized carbons (Fsp3) is 0.472. The molecule has 492 valence electrons. The van der Waals surface area contributed by atoms with Gasteiger partial charge in [-0.15, -0.1) is 0 Å². The van der Waals surface area contributed by atoms with Gasteiger partial charge >= 0.3 is 0 Å². The van der Waals surface area contributed by atoms with Gasteiger partial charge in [-0.3, -0.25) is 43.3 Å². The average molecular weight is 1280 g/mol. The summed E-state index contributed by atoms with van der Waals surface area (Å²) in [6.45, 7) is -0.953. The van der Waals surface area contributed by atoms with Gasteiger partial charge in [0, 0.05) is 80.6 Å². The molecule has 2 heterocycles. The van der Waals surface area contributed by atoms with Crippen molar-refractivity contribution in [2.45, 2.75) is 139 Å². The van der Waals surface area contributed by atoms with E-state index in [1.807, 2.05) is 133 Å². The standard InChI is InChI=1S/C72H94N10O9S/c73-37-14-13-23-60-43-80(68(87)35-31-53-17-7-2-8-18-53)48-67(86)77-62(39-54-19-9-3-10-20-54)45-79(47-64(74)83)69(88)36-38-92-51-58-28-32-59(33-29-58)72(91)78-63(40-55-21-11-4-12-22-55)46-82(71(90)42-57-26-27-57)50-66(85)76-61(34-30-52-15-5-1-6-16-52)44-81(49-65(84)75-60)70(89)41-56-24-25-56/h1-12,15-22,28-29,32-33,56-57,60-63,71,90H,13-14,23-27,30-31,34-51,73H2,(H2,74,83)(H,75,84)(H,76,85)(H,77,86)(H,78,91)/t60-,61-,62-,63-,71?/m0/s1. The van der Waals surface area contributed by atoms with E-state index < -0.39 is 54.7 Å². The third kappa shape index (κ3) is 25.3. The lowest BCUT2D eigenvalue weighted by atomic mass is 10.0. The number of amides is 8. The number of carbonyl (C=O) groups excluding carboxylic acids is 8. The first-order valence-electron chi connectivity index (χ1n) is 32.9. The molecule has 0 radical (unpaired) electrons. The van der Waals surface area contributed by atoms with Crippen molar-refractivity contribution in [1.82, 2.24) is 40.9 Å². The van der Waals surface area contributed by atoms with Gasteiger partial charge in [-0.05, 0) is 123 Å². The molecule has 0 aromatic heterocycles. The smallest absolute Gasteiger partial charge is 0.251 e. The first-order chi connectivity index (χ1) is 44.6. The first kappa shape index (κ1) is 70.0. The van der Waals surface area contributed by atoms with Crippen molar-refractivity contribution in [3.63, 3.8) is 0 Å². The Hall–Kier alpha value is -7.91. The van der Waals surface area contributed by atoms with Gasteiger partial charge in [0.15, 0.2) is 0 Å². The molecule has 92 heavy (non-hydrogen) atoms. The van der Waals surface area contributed by atoms with Crippen LogP contribution in [0.5, 0.6) is 0 Å². The van der Waals surface area contributed by atoms with Crippen molar-refractivity contribution in [3.8, 4) is 0 Å². The third-order valence-electron chi connectivity index (χ3n) is 17.1. The average Bonchev–Trinajstić information content (AvgIpc) is 3.23. The van der Waals surface area contributed by atoms with E-state index in [1.165, 1.54) is 26.5 Å². The van der Waals surface area contributed by atoms with Crippen molar-refractivity contribution in [2.24, 2.45) is 23.3 Å². The number of fused-ring (bicyclic) bond motifs is 29. The number of aliphatic hydroxyl groups is 1. The molecule has 2 saturated carbocycles. The number of hydrogen-bond donors (Lipinski definition) is 7. The Bertz CT molecular complexity index is 3140. The number of carbonyl (C=O) groups is 8. The lowest BCUT2D eigenvalue weighted by Gasteiger charge is -2.33. The lowest BCUT2D eigenvalue weighted by Crippen LogP contribution is -2.55. The highest BCUT2D eigenvalue weighted by molar-refractivity contribution is 7.98. The van der Waals surface area contributed by atoms with Crippen LogP contribution in [0.15, 0.2) is 146 Å². The Labute approximate surface area is 546 Å². The summed E-state index contributed by atoms with van der Waals surface area (Å²) in [4.78, 5) is 120. The van der Waals surface area contributed by atoms with Crippen LogP contribution in [0.3, 0.4) is 0 Å². The molecule has 0 spiro atoms. The number of unbranched alkanes of at least 4 members (excludes halogenated alkanes) is 1. The van der Waals surface area contributed by atoms with E-state index >= 15 is 0 Å². The molecule has 9 N–H and O–H groups in total. The molecule has 2 aliphatic carbocycles. The van der Waals surface area contributed by atoms with Gasteiger partial charge in [0.2, 0.25) is 41.4 Å². The van der Waals surface area contributed by atoms with E-state index in [2.05, 4.69) is 21.3 Å². The quantitative estimate of drug-likeness (QED) is 0.0332. The number of nitrogens with two attached hydrogens (primary N) is 2. The predicted octanol–water partition coefficient (Wildman–Crippen LogP) is 5.95. The van der Waals surface area contributed by atoms with Crippen molar-refractivity contribution in [1.29, 1.82) is 0 Å². The maximum atomic E-state index is 14.8. The summed E-state index contributed by atoms with van der Waals surface area (Å²) in [5.41, 5.74) is 16.9. The van der Waals surface area contributed by atoms with Gasteiger partial charge in [-0.2, -0.15) is 11.8 Å². The summed E-state index contributed by atoms with van der Waals surface area (Å²) in [7, 11) is 0. The van der Waals surface area contributed by atoms with E-state index in [0.717, 1.165) is 53.5 Å². The summed E-state index contributed by atoms with van der Waals surface area (Å²) in [6.07, 6.45) is 7.11. The molecule has 9 rings (SSSR count). The first-order valence-corrected chi connectivity index (χ1v) is 34.0. The van der Waals surface area contributed by atoms with Gasteiger partial charge < -0.3 is 52.5 Å². The van der Waals surface area contributed by atoms with Gasteiger partial charge in [-0.25, -0.2) is 0 Å². The second-order valence-electron chi connectivity index (χ2n) is 25.2. The number of thioether (sulfide) groups is 1. The molecule has 8 amide bonds. The maximum Gasteiger partial charge on any atom is 0.251 e. The van der Waals surface area contributed by atoms with Crippen LogP contribution in [0.4, 0.5) is 0 Å². The number of rotatable bonds is 21. The molecule has 5 atom stereocenters. The van der Waals surface area contributed by atoms with Crippen LogP contribution >= 0.6 is 11.8 Å². The van der Waals surface area contributed by atoms with Crippen LogP contribution in [-0.4, -0.2) is 167 Å². The van der Waals surface area contributed by atoms with E-state index in [0.29, 0.717) is 80.9 Å². The number of hydrogen-bond acceptors (Lipinski definition) is 12. The topological polar surface area (TPSA) is 270 Å². The molecule has 20 heteroatoms. The van der Waals surface area contributed by atoms with E-state index in [1.54, 1.807) is 17.0 Å². The predicted molar refractivity (Wildman–Crippen MR) is 358 cm³/mol. The minimum Gasteiger partial charge on any atom is -0.378 e. The Morgan fingerprint density at radius 2 is 1.07 bits per heavy atom. The number of aryl methyl sites for hydroxylation is 2. The molecule has 19 nitrogen and oxygen atoms in total. The van der Waals surface area contributed by atoms with E-state index in [4.69, 9.17) is 11.5 Å². The second-order valence-corrected chi connectivity index (χ2v) is 26.3. The van der Waals surface area contributed by atoms with Crippen molar-refractivity contribution < 1.29 is 43.5 Å². The van der Waals surface area contributed by atoms with Gasteiger partial charge in [0.05, 0.1) is 32.2 Å². The molecule has 4 aliphatic rings. The lowest BCUT2D eigenvalue weighted by molar-refractivity contribution is -0.138. The summed E-state index contributed by atoms with van der Waals surface area (Å²) in [6, 6.07) is 43.2. The molecule has 1 unspecified atom stereocenters. The molecule has 5 aromatic rings. The molecule has 5 aromatic carbocycles. The van der Waals surface area contributed by atoms with Crippen LogP contribution < -0.4 is 32.7 Å². The van der Waals surface area contributed by atoms with E-state index in [-0.39, 0.29) is 107 Å². The minimum absolute atomic E-state index is 0.00106. The molecule has 2 bridgehead atoms. The van der Waals surface area contributed by atoms with E-state index in [9.17, 15) is 43.5 Å². The van der Waals surface area contributed by atoms with Crippen LogP contribution in [0, 0.1) is 11.8 Å². The van der Waals surface area contributed by atoms with Crippen molar-refractivity contribution >= 4 is 59.0 Å². The molecule has 0 saturated heterocycles. The molecule has 2 fully saturated rings. The van der Waals surface area contributed by atoms with Crippen LogP contribution in [-0.2, 0) is 65.0 Å². The molecular weight excluding hydrogens is 1180 g/mol. The van der Waals surface area contributed by atoms with Crippen LogP contribution in [0.1, 0.15) is 115 Å². The highest BCUT2D eigenvalue weighted by atomic mass is 32.2. The largest absolute Gasteiger partial charge is 0.378 e. The molecular formula is C72H94N10O9S. The molecule has 2 aliphatic heterocycles. The maximum absolute atomic E-state index is 14.8. The Morgan fingerprint density at radius 1 is 0.554 bits per heavy atom. The third-order valence-corrected chi connectivity index (χ3v) is 18.2. The number of nitrogens with one attached hydrogen (secondary N) is 4. The zero-order valence-corrected chi connectivity index (χ0v) is 53.9. The second kappa shape index (κ2) is 37.0. The number of aliphatic hydroxyl groups excluding tert-OH is 1. The normalized spacial score (nSPS) is 20.6. The zero-order chi connectivity index (χ0) is 65.0. The fourth-order valence-electron chi connectivity index (χ4n) is 11.8. The fourth-order valence-corrected chi connectivity index (χ4v) is 12.7. The number of primary amides is 1. The number of nitrogens with zero attached hydrogens (tertiary/aromatic N) is 4. The van der Waals surface area contributed by atoms with Gasteiger partial charge in [0.25, 0.3) is 5.91 Å². The van der Waals surface area contributed by atoms with Gasteiger partial charge in [-0.1, -0.05) is 153 Å². The minimum atomic E-state index is -1.01. The summed E-state index contributed by atoms with van der Waals surface area (Å²) in [5.74, 6) is -1.96. The zero-order valence-electron chi connectivity index (χ0n) is 53.1. The highest BCUT2D eigenvalue weighted by Crippen LogP contribution is 2.35. The monoisotopic (exact) mass is 1270 g/mol. The Balaban J connectivity index is 1.12. The Kier molecular flexibility index (Phi) is 28.1. The summed E-state index contributed by atoms with van der Waals surface area (Å²) in [5, 5.41) is 24.7. The van der Waals surface area contributed by atoms with Crippen LogP contribution in [0.25, 0.3) is 0 Å². The summed E-state index contributed by atoms with van der Waals surface area (Å²) < 4.78 is 0. The Morgan fingerprint density at radius 3 is 1.62 bits per heavy atom. The van der Waals surface area contributed by atoms with Crippen LogP contribution in [0.2, 0.25) is 0 Å². The van der Waals surface area contributed by atoms with Crippen molar-refractivity contribution in [2.75, 3.05) is 64.7 Å². The van der Waals surface area contributed by atoms with Crippen molar-refractivity contribution in [3.05, 3.63) is 179 Å². The van der Waals surface area contributed by atoms with Gasteiger partial charge in [0.1, 0.15) is 6.23 Å². The number of benzene rings is 5. The summed E-state index contributed by atoms with van der Waals surface area (Å²) >= 11 is 1.51. The SMILES string of the molecule is NCCCC[C@H]1CN(C(=O)CCc2ccccc2)CC(=O)N[C@@H](Cc2ccccc2)CN(CC(N)=O)C(=O)CCSCc2ccc(cc2)C(=O)N[C@@H](Cc2ccccc2)CN(C(O)CC2CC2)CC(=O)N[C@@H](CCc2ccccc2)CN(C(=O)CC2CC2)CC(=O)N1.